The second-order valence-corrected chi connectivity index (χ2v) is 7.20. The lowest BCUT2D eigenvalue weighted by atomic mass is 9.91. The highest BCUT2D eigenvalue weighted by molar-refractivity contribution is 4.94. The first-order valence-electron chi connectivity index (χ1n) is 8.35. The molecule has 0 spiro atoms. The predicted molar refractivity (Wildman–Crippen MR) is 80.5 cm³/mol. The van der Waals surface area contributed by atoms with E-state index in [2.05, 4.69) is 35.6 Å². The van der Waals surface area contributed by atoms with Crippen LogP contribution in [0.25, 0.3) is 0 Å². The van der Waals surface area contributed by atoms with Crippen molar-refractivity contribution in [1.82, 2.24) is 14.7 Å². The second kappa shape index (κ2) is 5.71. The fourth-order valence-electron chi connectivity index (χ4n) is 4.45. The molecule has 110 valence electrons. The molecule has 0 amide bonds. The largest absolute Gasteiger partial charge is 0.304 e. The van der Waals surface area contributed by atoms with Crippen molar-refractivity contribution in [3.63, 3.8) is 0 Å². The van der Waals surface area contributed by atoms with Crippen molar-refractivity contribution in [2.24, 2.45) is 0 Å². The van der Waals surface area contributed by atoms with E-state index in [-0.39, 0.29) is 0 Å². The van der Waals surface area contributed by atoms with Crippen molar-refractivity contribution >= 4 is 0 Å². The summed E-state index contributed by atoms with van der Waals surface area (Å²) in [5.74, 6) is 0. The van der Waals surface area contributed by atoms with E-state index in [1.807, 2.05) is 0 Å². The van der Waals surface area contributed by atoms with Gasteiger partial charge in [-0.05, 0) is 59.7 Å². The van der Waals surface area contributed by atoms with Crippen LogP contribution < -0.4 is 0 Å². The van der Waals surface area contributed by atoms with Crippen LogP contribution in [-0.2, 0) is 0 Å². The summed E-state index contributed by atoms with van der Waals surface area (Å²) >= 11 is 0. The van der Waals surface area contributed by atoms with Gasteiger partial charge in [0.15, 0.2) is 0 Å². The number of nitrogens with zero attached hydrogens (tertiary/aromatic N) is 3. The molecule has 3 rings (SSSR count). The van der Waals surface area contributed by atoms with Gasteiger partial charge in [-0.2, -0.15) is 0 Å². The lowest BCUT2D eigenvalue weighted by molar-refractivity contribution is -0.0276. The van der Waals surface area contributed by atoms with Gasteiger partial charge >= 0.3 is 0 Å². The van der Waals surface area contributed by atoms with Gasteiger partial charge in [0, 0.05) is 37.3 Å². The van der Waals surface area contributed by atoms with E-state index in [1.54, 1.807) is 0 Å². The van der Waals surface area contributed by atoms with E-state index in [4.69, 9.17) is 0 Å². The van der Waals surface area contributed by atoms with Crippen molar-refractivity contribution < 1.29 is 0 Å². The summed E-state index contributed by atoms with van der Waals surface area (Å²) in [4.78, 5) is 8.15. The molecule has 0 aromatic heterocycles. The van der Waals surface area contributed by atoms with Crippen LogP contribution in [0.15, 0.2) is 0 Å². The summed E-state index contributed by atoms with van der Waals surface area (Å²) in [5.41, 5.74) is 0. The summed E-state index contributed by atoms with van der Waals surface area (Å²) in [7, 11) is 2.28. The Morgan fingerprint density at radius 1 is 0.842 bits per heavy atom. The zero-order valence-electron chi connectivity index (χ0n) is 13.0. The van der Waals surface area contributed by atoms with Crippen molar-refractivity contribution in [1.29, 1.82) is 0 Å². The molecule has 4 unspecified atom stereocenters. The van der Waals surface area contributed by atoms with E-state index >= 15 is 0 Å². The third kappa shape index (κ3) is 2.84. The average molecular weight is 265 g/mol. The Kier molecular flexibility index (Phi) is 4.16. The number of hydrogen-bond donors (Lipinski definition) is 0. The molecular weight excluding hydrogens is 234 g/mol. The monoisotopic (exact) mass is 265 g/mol. The minimum absolute atomic E-state index is 0.759. The Morgan fingerprint density at radius 3 is 2.47 bits per heavy atom. The zero-order valence-corrected chi connectivity index (χ0v) is 13.0. The van der Waals surface area contributed by atoms with E-state index in [0.29, 0.717) is 0 Å². The molecular formula is C16H31N3. The van der Waals surface area contributed by atoms with Gasteiger partial charge in [-0.15, -0.1) is 0 Å². The smallest absolute Gasteiger partial charge is 0.0224 e. The number of fused-ring (bicyclic) bond motifs is 1. The molecule has 0 radical (unpaired) electrons. The summed E-state index contributed by atoms with van der Waals surface area (Å²) in [6, 6.07) is 3.22. The lowest BCUT2D eigenvalue weighted by Gasteiger charge is -2.52. The molecule has 19 heavy (non-hydrogen) atoms. The summed E-state index contributed by atoms with van der Waals surface area (Å²) < 4.78 is 0. The maximum absolute atomic E-state index is 2.86. The van der Waals surface area contributed by atoms with Crippen molar-refractivity contribution in [2.75, 3.05) is 33.2 Å². The first-order chi connectivity index (χ1) is 9.15. The molecule has 0 aromatic carbocycles. The number of rotatable bonds is 1. The molecule has 3 aliphatic rings. The predicted octanol–water partition coefficient (Wildman–Crippen LogP) is 2.03. The number of hydrogen-bond acceptors (Lipinski definition) is 3. The Hall–Kier alpha value is -0.120. The third-order valence-electron chi connectivity index (χ3n) is 5.89. The van der Waals surface area contributed by atoms with E-state index in [9.17, 15) is 0 Å². The Morgan fingerprint density at radius 2 is 1.68 bits per heavy atom. The first-order valence-corrected chi connectivity index (χ1v) is 8.35. The van der Waals surface area contributed by atoms with Crippen LogP contribution >= 0.6 is 0 Å². The van der Waals surface area contributed by atoms with Crippen LogP contribution in [0.4, 0.5) is 0 Å². The van der Waals surface area contributed by atoms with Crippen molar-refractivity contribution in [3.05, 3.63) is 0 Å². The molecule has 0 N–H and O–H groups in total. The number of likely N-dealkylation sites (tertiary alicyclic amines) is 1. The van der Waals surface area contributed by atoms with Crippen LogP contribution in [-0.4, -0.2) is 72.1 Å². The van der Waals surface area contributed by atoms with Crippen LogP contribution in [0, 0.1) is 0 Å². The second-order valence-electron chi connectivity index (χ2n) is 7.20. The van der Waals surface area contributed by atoms with Gasteiger partial charge in [-0.1, -0.05) is 6.42 Å². The van der Waals surface area contributed by atoms with Gasteiger partial charge in [0.25, 0.3) is 0 Å². The minimum atomic E-state index is 0.759. The molecule has 3 nitrogen and oxygen atoms in total. The molecule has 0 aliphatic carbocycles. The van der Waals surface area contributed by atoms with Crippen molar-refractivity contribution in [3.8, 4) is 0 Å². The fraction of sp³-hybridized carbons (Fsp3) is 1.00. The number of piperidine rings is 2. The van der Waals surface area contributed by atoms with E-state index in [0.717, 1.165) is 24.2 Å². The van der Waals surface area contributed by atoms with Crippen LogP contribution in [0.5, 0.6) is 0 Å². The van der Waals surface area contributed by atoms with Gasteiger partial charge in [0.05, 0.1) is 0 Å². The van der Waals surface area contributed by atoms with Gasteiger partial charge in [0.2, 0.25) is 0 Å². The molecule has 4 atom stereocenters. The Labute approximate surface area is 118 Å². The normalized spacial score (nSPS) is 43.1. The van der Waals surface area contributed by atoms with E-state index in [1.165, 1.54) is 58.3 Å². The Bertz CT molecular complexity index is 306. The summed E-state index contributed by atoms with van der Waals surface area (Å²) in [6.07, 6.45) is 7.05. The highest BCUT2D eigenvalue weighted by Crippen LogP contribution is 2.29. The first kappa shape index (κ1) is 13.8. The van der Waals surface area contributed by atoms with Gasteiger partial charge in [-0.25, -0.2) is 0 Å². The maximum Gasteiger partial charge on any atom is 0.0224 e. The molecule has 3 fully saturated rings. The van der Waals surface area contributed by atoms with Crippen LogP contribution in [0.2, 0.25) is 0 Å². The third-order valence-corrected chi connectivity index (χ3v) is 5.89. The van der Waals surface area contributed by atoms with Crippen LogP contribution in [0.1, 0.15) is 46.0 Å². The number of piperazine rings is 1. The van der Waals surface area contributed by atoms with Gasteiger partial charge in [0.1, 0.15) is 0 Å². The lowest BCUT2D eigenvalue weighted by Crippen LogP contribution is -2.62. The Balaban J connectivity index is 1.64. The SMILES string of the molecule is CC1CC(N2CC3CCCCN3CC2C)CCN1C. The highest BCUT2D eigenvalue weighted by atomic mass is 15.3. The topological polar surface area (TPSA) is 9.72 Å². The molecule has 0 bridgehead atoms. The highest BCUT2D eigenvalue weighted by Gasteiger charge is 2.37. The standard InChI is InChI=1S/C16H31N3/c1-13-10-15(7-9-17(13)3)19-12-16-6-4-5-8-18(16)11-14(19)2/h13-16H,4-12H2,1-3H3. The zero-order chi connectivity index (χ0) is 13.4. The molecule has 3 saturated heterocycles. The quantitative estimate of drug-likeness (QED) is 0.718. The maximum atomic E-state index is 2.86. The van der Waals surface area contributed by atoms with Gasteiger partial charge < -0.3 is 4.90 Å². The van der Waals surface area contributed by atoms with Crippen molar-refractivity contribution in [2.45, 2.75) is 70.1 Å². The molecule has 3 heteroatoms. The summed E-state index contributed by atoms with van der Waals surface area (Å²) in [5, 5.41) is 0. The summed E-state index contributed by atoms with van der Waals surface area (Å²) in [6.45, 7) is 10.1. The molecule has 0 aromatic rings. The van der Waals surface area contributed by atoms with Crippen LogP contribution in [0.3, 0.4) is 0 Å². The van der Waals surface area contributed by atoms with E-state index < -0.39 is 0 Å². The fourth-order valence-corrected chi connectivity index (χ4v) is 4.45. The molecule has 3 heterocycles. The molecule has 3 aliphatic heterocycles. The minimum Gasteiger partial charge on any atom is -0.304 e. The van der Waals surface area contributed by atoms with Gasteiger partial charge in [-0.3, -0.25) is 9.80 Å². The molecule has 0 saturated carbocycles. The average Bonchev–Trinajstić information content (AvgIpc) is 2.41.